The molecule has 0 aromatic heterocycles. The fraction of sp³-hybridized carbons (Fsp3) is 0.625. The van der Waals surface area contributed by atoms with Crippen LogP contribution in [0.25, 0.3) is 0 Å². The summed E-state index contributed by atoms with van der Waals surface area (Å²) in [5, 5.41) is 4.72. The van der Waals surface area contributed by atoms with E-state index in [9.17, 15) is 0 Å². The molecule has 0 N–H and O–H groups in total. The lowest BCUT2D eigenvalue weighted by atomic mass is 9.94. The van der Waals surface area contributed by atoms with Gasteiger partial charge in [-0.1, -0.05) is 228 Å². The number of hydrogen-bond acceptors (Lipinski definition) is 0. The van der Waals surface area contributed by atoms with Crippen LogP contribution in [0.5, 0.6) is 0 Å². The summed E-state index contributed by atoms with van der Waals surface area (Å²) < 4.78 is 0. The molecule has 0 spiro atoms. The second-order valence-electron chi connectivity index (χ2n) is 14.9. The Morgan fingerprint density at radius 2 is 0.653 bits per heavy atom. The van der Waals surface area contributed by atoms with Gasteiger partial charge in [0.1, 0.15) is 0 Å². The Kier molecular flexibility index (Phi) is 23.5. The third kappa shape index (κ3) is 17.2. The average Bonchev–Trinajstić information content (AvgIpc) is 3.13. The zero-order valence-electron chi connectivity index (χ0n) is 32.5. The molecule has 3 aromatic rings. The molecule has 0 radical (unpaired) electrons. The van der Waals surface area contributed by atoms with E-state index in [0.717, 1.165) is 0 Å². The maximum atomic E-state index is 2.69. The number of hydrogen-bond donors (Lipinski definition) is 0. The third-order valence-corrected chi connectivity index (χ3v) is 13.1. The van der Waals surface area contributed by atoms with Gasteiger partial charge in [0.25, 0.3) is 0 Å². The van der Waals surface area contributed by atoms with Gasteiger partial charge in [0.05, 0.1) is 0 Å². The first-order valence-corrected chi connectivity index (χ1v) is 22.7. The molecule has 0 aliphatic heterocycles. The Morgan fingerprint density at radius 1 is 0.347 bits per heavy atom. The maximum absolute atomic E-state index is 2.69. The highest BCUT2D eigenvalue weighted by Gasteiger charge is 2.23. The van der Waals surface area contributed by atoms with E-state index >= 15 is 0 Å². The molecule has 272 valence electrons. The molecule has 49 heavy (non-hydrogen) atoms. The van der Waals surface area contributed by atoms with Gasteiger partial charge in [0.2, 0.25) is 0 Å². The lowest BCUT2D eigenvalue weighted by Gasteiger charge is -2.27. The van der Waals surface area contributed by atoms with E-state index in [-0.39, 0.29) is 0 Å². The van der Waals surface area contributed by atoms with Crippen LogP contribution >= 0.6 is 7.92 Å². The minimum atomic E-state index is -0.595. The maximum Gasteiger partial charge on any atom is -0.00868 e. The van der Waals surface area contributed by atoms with E-state index in [0.29, 0.717) is 0 Å². The first-order chi connectivity index (χ1) is 24.3. The van der Waals surface area contributed by atoms with Crippen LogP contribution < -0.4 is 15.9 Å². The van der Waals surface area contributed by atoms with Gasteiger partial charge in [0.15, 0.2) is 0 Å². The van der Waals surface area contributed by atoms with Crippen LogP contribution in [0.3, 0.4) is 0 Å². The van der Waals surface area contributed by atoms with Crippen LogP contribution in [-0.2, 0) is 19.3 Å². The summed E-state index contributed by atoms with van der Waals surface area (Å²) in [6.07, 6.45) is 37.0. The molecule has 0 bridgehead atoms. The predicted octanol–water partition coefficient (Wildman–Crippen LogP) is 14.5. The standard InChI is InChI=1S/C48H75P/c1-4-7-10-13-16-19-22-27-34-43-41-44(35-28-23-20-17-14-11-8-5-2)48(45(42-43)36-29-24-21-18-15-12-9-6-3)49(46-37-30-25-31-38-46)47-39-32-26-33-40-47/h25-26,30-33,37-42H,4-24,27-29,34-36H2,1-3H3. The molecule has 0 atom stereocenters. The zero-order chi connectivity index (χ0) is 34.6. The van der Waals surface area contributed by atoms with Crippen molar-refractivity contribution < 1.29 is 0 Å². The summed E-state index contributed by atoms with van der Waals surface area (Å²) in [4.78, 5) is 0. The third-order valence-electron chi connectivity index (χ3n) is 10.5. The van der Waals surface area contributed by atoms with E-state index < -0.39 is 7.92 Å². The van der Waals surface area contributed by atoms with Crippen molar-refractivity contribution in [3.63, 3.8) is 0 Å². The van der Waals surface area contributed by atoms with Crippen LogP contribution in [0.1, 0.15) is 192 Å². The molecule has 1 heteroatoms. The Balaban J connectivity index is 1.86. The van der Waals surface area contributed by atoms with Gasteiger partial charge in [-0.3, -0.25) is 0 Å². The Morgan fingerprint density at radius 3 is 1.00 bits per heavy atom. The molecule has 0 amide bonds. The molecule has 0 nitrogen and oxygen atoms in total. The minimum Gasteiger partial charge on any atom is -0.0654 e. The predicted molar refractivity (Wildman–Crippen MR) is 224 cm³/mol. The average molecular weight is 683 g/mol. The smallest absolute Gasteiger partial charge is 0.00868 e. The molecule has 0 unspecified atom stereocenters. The molecule has 3 aromatic carbocycles. The number of aryl methyl sites for hydroxylation is 3. The summed E-state index contributed by atoms with van der Waals surface area (Å²) in [7, 11) is -0.595. The van der Waals surface area contributed by atoms with Gasteiger partial charge < -0.3 is 0 Å². The highest BCUT2D eigenvalue weighted by molar-refractivity contribution is 7.80. The Hall–Kier alpha value is -1.91. The van der Waals surface area contributed by atoms with Gasteiger partial charge in [-0.15, -0.1) is 0 Å². The van der Waals surface area contributed by atoms with Crippen molar-refractivity contribution >= 4 is 23.8 Å². The minimum absolute atomic E-state index is 0.595. The number of benzene rings is 3. The fourth-order valence-electron chi connectivity index (χ4n) is 7.57. The molecule has 0 aliphatic rings. The van der Waals surface area contributed by atoms with Gasteiger partial charge in [-0.25, -0.2) is 0 Å². The summed E-state index contributed by atoms with van der Waals surface area (Å²) in [6, 6.07) is 28.5. The van der Waals surface area contributed by atoms with Crippen LogP contribution in [0.4, 0.5) is 0 Å². The van der Waals surface area contributed by atoms with Crippen molar-refractivity contribution in [2.45, 2.75) is 194 Å². The van der Waals surface area contributed by atoms with E-state index in [1.54, 1.807) is 22.0 Å². The topological polar surface area (TPSA) is 0 Å². The van der Waals surface area contributed by atoms with Crippen molar-refractivity contribution in [1.82, 2.24) is 0 Å². The highest BCUT2D eigenvalue weighted by Crippen LogP contribution is 2.37. The second-order valence-corrected chi connectivity index (χ2v) is 17.1. The molecular formula is C48H75P. The molecule has 0 aliphatic carbocycles. The van der Waals surface area contributed by atoms with Crippen LogP contribution in [-0.4, -0.2) is 0 Å². The fourth-order valence-corrected chi connectivity index (χ4v) is 10.3. The van der Waals surface area contributed by atoms with Crippen LogP contribution in [0.15, 0.2) is 72.8 Å². The normalized spacial score (nSPS) is 11.5. The lowest BCUT2D eigenvalue weighted by Crippen LogP contribution is -2.27. The van der Waals surface area contributed by atoms with Crippen LogP contribution in [0.2, 0.25) is 0 Å². The van der Waals surface area contributed by atoms with Crippen molar-refractivity contribution in [3.8, 4) is 0 Å². The quantitative estimate of drug-likeness (QED) is 0.0485. The SMILES string of the molecule is CCCCCCCCCCc1cc(CCCCCCCCCC)c(P(c2ccccc2)c2ccccc2)c(CCCCCCCCCC)c1. The van der Waals surface area contributed by atoms with Gasteiger partial charge in [0, 0.05) is 0 Å². The highest BCUT2D eigenvalue weighted by atomic mass is 31.1. The summed E-state index contributed by atoms with van der Waals surface area (Å²) in [5.41, 5.74) is 4.97. The van der Waals surface area contributed by atoms with E-state index in [1.165, 1.54) is 184 Å². The molecule has 0 saturated carbocycles. The molecule has 3 rings (SSSR count). The van der Waals surface area contributed by atoms with Crippen molar-refractivity contribution in [2.75, 3.05) is 0 Å². The zero-order valence-corrected chi connectivity index (χ0v) is 33.4. The van der Waals surface area contributed by atoms with Gasteiger partial charge in [-0.05, 0) is 79.1 Å². The molecule has 0 heterocycles. The van der Waals surface area contributed by atoms with Crippen molar-refractivity contribution in [1.29, 1.82) is 0 Å². The Labute approximate surface area is 306 Å². The number of rotatable bonds is 30. The molecule has 0 saturated heterocycles. The summed E-state index contributed by atoms with van der Waals surface area (Å²) in [6.45, 7) is 6.96. The molecular weight excluding hydrogens is 608 g/mol. The van der Waals surface area contributed by atoms with Gasteiger partial charge >= 0.3 is 0 Å². The summed E-state index contributed by atoms with van der Waals surface area (Å²) >= 11 is 0. The van der Waals surface area contributed by atoms with E-state index in [1.807, 2.05) is 0 Å². The monoisotopic (exact) mass is 683 g/mol. The van der Waals surface area contributed by atoms with Crippen LogP contribution in [0, 0.1) is 0 Å². The molecule has 0 fully saturated rings. The first kappa shape index (κ1) is 41.5. The second kappa shape index (κ2) is 27.8. The van der Waals surface area contributed by atoms with E-state index in [2.05, 4.69) is 93.6 Å². The van der Waals surface area contributed by atoms with Gasteiger partial charge in [-0.2, -0.15) is 0 Å². The van der Waals surface area contributed by atoms with Crippen molar-refractivity contribution in [2.24, 2.45) is 0 Å². The van der Waals surface area contributed by atoms with E-state index in [4.69, 9.17) is 0 Å². The van der Waals surface area contributed by atoms with Crippen molar-refractivity contribution in [3.05, 3.63) is 89.5 Å². The largest absolute Gasteiger partial charge is 0.0654 e. The lowest BCUT2D eigenvalue weighted by molar-refractivity contribution is 0.572. The first-order valence-electron chi connectivity index (χ1n) is 21.3. The summed E-state index contributed by atoms with van der Waals surface area (Å²) in [5.74, 6) is 0. The number of unbranched alkanes of at least 4 members (excludes halogenated alkanes) is 21. The Bertz CT molecular complexity index is 1100.